The number of aliphatic hydroxyl groups excluding tert-OH is 1. The van der Waals surface area contributed by atoms with E-state index in [0.29, 0.717) is 30.1 Å². The molecule has 1 fully saturated rings. The Bertz CT molecular complexity index is 1330. The summed E-state index contributed by atoms with van der Waals surface area (Å²) in [5.41, 5.74) is 2.37. The standard InChI is InChI=1S/C26H26F2N4O3/c1-4-29-24-13-17(32-9-11-35-12-10-32)5-6-18(24)16(2)19-14-20(22(28)15-21(19)27)26(34)23-7-8-25(33)31(3)30-23/h4-8,13-15,26,34H,1,9-12H2,2-3H3/b18-16+,29-24-. The second-order valence-electron chi connectivity index (χ2n) is 8.21. The minimum atomic E-state index is -1.49. The fourth-order valence-corrected chi connectivity index (χ4v) is 4.09. The molecule has 9 heteroatoms. The quantitative estimate of drug-likeness (QED) is 0.711. The molecular weight excluding hydrogens is 454 g/mol. The average Bonchev–Trinajstić information content (AvgIpc) is 2.86. The number of rotatable bonds is 5. The van der Waals surface area contributed by atoms with Gasteiger partial charge in [-0.05, 0) is 36.8 Å². The van der Waals surface area contributed by atoms with Crippen LogP contribution in [-0.2, 0) is 11.8 Å². The van der Waals surface area contributed by atoms with E-state index in [1.807, 2.05) is 18.2 Å². The maximum atomic E-state index is 15.0. The van der Waals surface area contributed by atoms with Crippen LogP contribution in [0.2, 0.25) is 0 Å². The maximum Gasteiger partial charge on any atom is 0.266 e. The molecule has 1 N–H and O–H groups in total. The summed E-state index contributed by atoms with van der Waals surface area (Å²) in [6.45, 7) is 8.18. The Balaban J connectivity index is 1.75. The number of nitrogens with zero attached hydrogens (tertiary/aromatic N) is 4. The van der Waals surface area contributed by atoms with Gasteiger partial charge in [0.05, 0.1) is 24.6 Å². The van der Waals surface area contributed by atoms with Crippen LogP contribution < -0.4 is 5.56 Å². The van der Waals surface area contributed by atoms with Gasteiger partial charge in [0, 0.05) is 60.9 Å². The van der Waals surface area contributed by atoms with E-state index in [2.05, 4.69) is 21.6 Å². The molecule has 1 aromatic carbocycles. The third-order valence-electron chi connectivity index (χ3n) is 6.04. The van der Waals surface area contributed by atoms with Crippen LogP contribution in [0.5, 0.6) is 0 Å². The molecule has 1 aliphatic heterocycles. The summed E-state index contributed by atoms with van der Waals surface area (Å²) in [7, 11) is 1.42. The Kier molecular flexibility index (Phi) is 7.18. The molecule has 0 radical (unpaired) electrons. The molecule has 0 amide bonds. The number of halogens is 2. The van der Waals surface area contributed by atoms with E-state index in [-0.39, 0.29) is 22.4 Å². The Morgan fingerprint density at radius 1 is 1.23 bits per heavy atom. The van der Waals surface area contributed by atoms with E-state index >= 15 is 0 Å². The molecule has 1 aromatic heterocycles. The lowest BCUT2D eigenvalue weighted by molar-refractivity contribution is 0.0554. The van der Waals surface area contributed by atoms with Gasteiger partial charge in [0.2, 0.25) is 0 Å². The number of morpholine rings is 1. The molecule has 7 nitrogen and oxygen atoms in total. The van der Waals surface area contributed by atoms with Gasteiger partial charge in [-0.15, -0.1) is 0 Å². The fourth-order valence-electron chi connectivity index (χ4n) is 4.09. The Hall–Kier alpha value is -3.69. The lowest BCUT2D eigenvalue weighted by Crippen LogP contribution is -2.35. The molecule has 2 heterocycles. The van der Waals surface area contributed by atoms with E-state index < -0.39 is 17.7 Å². The minimum absolute atomic E-state index is 0.0680. The number of ether oxygens (including phenoxy) is 1. The van der Waals surface area contributed by atoms with Crippen molar-refractivity contribution in [3.63, 3.8) is 0 Å². The summed E-state index contributed by atoms with van der Waals surface area (Å²) < 4.78 is 36.1. The van der Waals surface area contributed by atoms with Crippen LogP contribution in [0.15, 0.2) is 76.3 Å². The maximum absolute atomic E-state index is 15.0. The zero-order chi connectivity index (χ0) is 25.1. The topological polar surface area (TPSA) is 80.0 Å². The van der Waals surface area contributed by atoms with Gasteiger partial charge < -0.3 is 14.7 Å². The molecule has 2 aliphatic rings. The average molecular weight is 481 g/mol. The number of aliphatic hydroxyl groups is 1. The number of hydrogen-bond donors (Lipinski definition) is 1. The molecule has 182 valence electrons. The predicted octanol–water partition coefficient (Wildman–Crippen LogP) is 3.28. The first-order valence-electron chi connectivity index (χ1n) is 11.1. The van der Waals surface area contributed by atoms with Crippen LogP contribution in [-0.4, -0.2) is 51.8 Å². The van der Waals surface area contributed by atoms with Crippen molar-refractivity contribution >= 4 is 11.3 Å². The molecular formula is C26H26F2N4O3. The zero-order valence-electron chi connectivity index (χ0n) is 19.5. The Labute approximate surface area is 201 Å². The number of benzene rings is 1. The van der Waals surface area contributed by atoms with Crippen LogP contribution >= 0.6 is 0 Å². The first kappa shape index (κ1) is 24.4. The molecule has 2 aromatic rings. The van der Waals surface area contributed by atoms with Crippen molar-refractivity contribution in [2.45, 2.75) is 13.0 Å². The van der Waals surface area contributed by atoms with Crippen molar-refractivity contribution < 1.29 is 18.6 Å². The largest absolute Gasteiger partial charge is 0.382 e. The van der Waals surface area contributed by atoms with Crippen molar-refractivity contribution in [2.75, 3.05) is 26.3 Å². The smallest absolute Gasteiger partial charge is 0.266 e. The number of aryl methyl sites for hydroxylation is 1. The van der Waals surface area contributed by atoms with E-state index in [1.54, 1.807) is 6.92 Å². The molecule has 0 spiro atoms. The third kappa shape index (κ3) is 5.06. The van der Waals surface area contributed by atoms with Gasteiger partial charge in [-0.3, -0.25) is 9.79 Å². The molecule has 1 unspecified atom stereocenters. The van der Waals surface area contributed by atoms with Gasteiger partial charge in [-0.2, -0.15) is 5.10 Å². The van der Waals surface area contributed by atoms with Crippen LogP contribution in [0.3, 0.4) is 0 Å². The number of aliphatic imine (C=N–C) groups is 1. The highest BCUT2D eigenvalue weighted by Gasteiger charge is 2.23. The summed E-state index contributed by atoms with van der Waals surface area (Å²) in [5, 5.41) is 14.8. The van der Waals surface area contributed by atoms with Crippen molar-refractivity contribution in [1.82, 2.24) is 14.7 Å². The highest BCUT2D eigenvalue weighted by molar-refractivity contribution is 6.16. The van der Waals surface area contributed by atoms with Gasteiger partial charge in [-0.25, -0.2) is 13.5 Å². The number of aromatic nitrogens is 2. The SMILES string of the molecule is C=C/N=C1/C=C(N2CCOCC2)C=C/C1=C(/C)c1cc(C(O)c2ccc(=O)n(C)n2)c(F)cc1F. The normalized spacial score (nSPS) is 19.5. The highest BCUT2D eigenvalue weighted by atomic mass is 19.1. The Morgan fingerprint density at radius 3 is 2.66 bits per heavy atom. The van der Waals surface area contributed by atoms with Crippen LogP contribution in [0.25, 0.3) is 5.57 Å². The molecule has 0 bridgehead atoms. The summed E-state index contributed by atoms with van der Waals surface area (Å²) >= 11 is 0. The monoisotopic (exact) mass is 480 g/mol. The molecule has 1 atom stereocenters. The van der Waals surface area contributed by atoms with E-state index in [1.165, 1.54) is 31.4 Å². The van der Waals surface area contributed by atoms with Gasteiger partial charge in [0.1, 0.15) is 17.7 Å². The summed E-state index contributed by atoms with van der Waals surface area (Å²) in [4.78, 5) is 18.2. The lowest BCUT2D eigenvalue weighted by Gasteiger charge is -2.31. The van der Waals surface area contributed by atoms with Crippen LogP contribution in [0.4, 0.5) is 8.78 Å². The van der Waals surface area contributed by atoms with Crippen LogP contribution in [0, 0.1) is 11.6 Å². The molecule has 4 rings (SSSR count). The van der Waals surface area contributed by atoms with Crippen LogP contribution in [0.1, 0.15) is 29.8 Å². The first-order chi connectivity index (χ1) is 16.8. The van der Waals surface area contributed by atoms with Gasteiger partial charge in [-0.1, -0.05) is 12.7 Å². The van der Waals surface area contributed by atoms with Crippen molar-refractivity contribution in [3.8, 4) is 0 Å². The minimum Gasteiger partial charge on any atom is -0.382 e. The predicted molar refractivity (Wildman–Crippen MR) is 130 cm³/mol. The molecule has 1 aliphatic carbocycles. The molecule has 0 saturated carbocycles. The van der Waals surface area contributed by atoms with E-state index in [4.69, 9.17) is 4.74 Å². The number of allylic oxidation sites excluding steroid dienone is 5. The zero-order valence-corrected chi connectivity index (χ0v) is 19.5. The summed E-state index contributed by atoms with van der Waals surface area (Å²) in [5.74, 6) is -1.69. The van der Waals surface area contributed by atoms with Crippen molar-refractivity contribution in [2.24, 2.45) is 12.0 Å². The second kappa shape index (κ2) is 10.3. The van der Waals surface area contributed by atoms with Crippen molar-refractivity contribution in [1.29, 1.82) is 0 Å². The van der Waals surface area contributed by atoms with Gasteiger partial charge in [0.15, 0.2) is 0 Å². The van der Waals surface area contributed by atoms with E-state index in [9.17, 15) is 18.7 Å². The van der Waals surface area contributed by atoms with Gasteiger partial charge in [0.25, 0.3) is 5.56 Å². The highest BCUT2D eigenvalue weighted by Crippen LogP contribution is 2.32. The molecule has 35 heavy (non-hydrogen) atoms. The van der Waals surface area contributed by atoms with Crippen molar-refractivity contribution in [3.05, 3.63) is 105 Å². The fraction of sp³-hybridized carbons (Fsp3) is 0.269. The second-order valence-corrected chi connectivity index (χ2v) is 8.21. The Morgan fingerprint density at radius 2 is 1.97 bits per heavy atom. The lowest BCUT2D eigenvalue weighted by atomic mass is 9.91. The third-order valence-corrected chi connectivity index (χ3v) is 6.04. The molecule has 1 saturated heterocycles. The number of hydrogen-bond acceptors (Lipinski definition) is 6. The van der Waals surface area contributed by atoms with E-state index in [0.717, 1.165) is 29.5 Å². The van der Waals surface area contributed by atoms with Gasteiger partial charge >= 0.3 is 0 Å². The summed E-state index contributed by atoms with van der Waals surface area (Å²) in [6.07, 6.45) is 5.59. The first-order valence-corrected chi connectivity index (χ1v) is 11.1. The summed E-state index contributed by atoms with van der Waals surface area (Å²) in [6, 6.07) is 4.55.